The first kappa shape index (κ1) is 8.71. The highest BCUT2D eigenvalue weighted by Gasteiger charge is 2.10. The molecule has 2 nitrogen and oxygen atoms in total. The molecular formula is C9H9FO2. The van der Waals surface area contributed by atoms with Crippen LogP contribution in [0.25, 0.3) is 0 Å². The van der Waals surface area contributed by atoms with Crippen molar-refractivity contribution in [2.75, 3.05) is 0 Å². The maximum Gasteiger partial charge on any atom is 0.305 e. The molecular weight excluding hydrogens is 159 g/mol. The van der Waals surface area contributed by atoms with E-state index in [2.05, 4.69) is 4.74 Å². The molecule has 0 aliphatic rings. The molecule has 0 radical (unpaired) electrons. The van der Waals surface area contributed by atoms with Gasteiger partial charge >= 0.3 is 5.97 Å². The van der Waals surface area contributed by atoms with Gasteiger partial charge < -0.3 is 4.74 Å². The predicted octanol–water partition coefficient (Wildman–Crippen LogP) is 2.22. The second-order valence-electron chi connectivity index (χ2n) is 2.34. The van der Waals surface area contributed by atoms with E-state index in [1.807, 2.05) is 0 Å². The summed E-state index contributed by atoms with van der Waals surface area (Å²) >= 11 is 0. The molecule has 1 rings (SSSR count). The van der Waals surface area contributed by atoms with Crippen LogP contribution in [0.3, 0.4) is 0 Å². The Hall–Kier alpha value is -1.38. The van der Waals surface area contributed by atoms with Crippen LogP contribution in [0.4, 0.5) is 4.39 Å². The zero-order valence-electron chi connectivity index (χ0n) is 6.66. The summed E-state index contributed by atoms with van der Waals surface area (Å²) in [5.41, 5.74) is 0.354. The molecule has 12 heavy (non-hydrogen) atoms. The summed E-state index contributed by atoms with van der Waals surface area (Å²) in [6.07, 6.45) is -1.65. The molecule has 0 N–H and O–H groups in total. The Bertz CT molecular complexity index is 258. The van der Waals surface area contributed by atoms with Crippen LogP contribution >= 0.6 is 0 Å². The monoisotopic (exact) mass is 168 g/mol. The second kappa shape index (κ2) is 3.85. The summed E-state index contributed by atoms with van der Waals surface area (Å²) in [6, 6.07) is 8.27. The van der Waals surface area contributed by atoms with E-state index >= 15 is 0 Å². The second-order valence-corrected chi connectivity index (χ2v) is 2.34. The Balaban J connectivity index is 2.65. The average molecular weight is 168 g/mol. The van der Waals surface area contributed by atoms with E-state index in [9.17, 15) is 9.18 Å². The largest absolute Gasteiger partial charge is 0.427 e. The summed E-state index contributed by atoms with van der Waals surface area (Å²) in [5, 5.41) is 0. The van der Waals surface area contributed by atoms with Crippen molar-refractivity contribution >= 4 is 5.97 Å². The van der Waals surface area contributed by atoms with Gasteiger partial charge in [0.2, 0.25) is 0 Å². The lowest BCUT2D eigenvalue weighted by molar-refractivity contribution is -0.155. The molecule has 0 saturated heterocycles. The normalized spacial score (nSPS) is 12.2. The Kier molecular flexibility index (Phi) is 2.80. The predicted molar refractivity (Wildman–Crippen MR) is 42.1 cm³/mol. The number of esters is 1. The van der Waals surface area contributed by atoms with Crippen LogP contribution in [0.5, 0.6) is 0 Å². The van der Waals surface area contributed by atoms with Crippen molar-refractivity contribution in [1.29, 1.82) is 0 Å². The van der Waals surface area contributed by atoms with Gasteiger partial charge in [0.1, 0.15) is 0 Å². The van der Waals surface area contributed by atoms with Gasteiger partial charge in [0, 0.05) is 12.5 Å². The number of alkyl halides is 1. The van der Waals surface area contributed by atoms with Gasteiger partial charge in [-0.2, -0.15) is 4.39 Å². The van der Waals surface area contributed by atoms with E-state index in [0.717, 1.165) is 0 Å². The van der Waals surface area contributed by atoms with E-state index in [-0.39, 0.29) is 0 Å². The van der Waals surface area contributed by atoms with E-state index in [1.54, 1.807) is 30.3 Å². The maximum atomic E-state index is 12.9. The molecule has 0 aliphatic carbocycles. The topological polar surface area (TPSA) is 26.3 Å². The van der Waals surface area contributed by atoms with Crippen LogP contribution in [-0.4, -0.2) is 5.97 Å². The van der Waals surface area contributed by atoms with Gasteiger partial charge in [0.05, 0.1) is 0 Å². The number of carbonyl (C=O) groups excluding carboxylic acids is 1. The number of halogens is 1. The molecule has 1 unspecified atom stereocenters. The zero-order chi connectivity index (χ0) is 8.97. The number of hydrogen-bond acceptors (Lipinski definition) is 2. The van der Waals surface area contributed by atoms with Crippen LogP contribution < -0.4 is 0 Å². The molecule has 0 heterocycles. The molecule has 1 aromatic carbocycles. The third-order valence-corrected chi connectivity index (χ3v) is 1.33. The van der Waals surface area contributed by atoms with Gasteiger partial charge in [-0.3, -0.25) is 4.79 Å². The van der Waals surface area contributed by atoms with Gasteiger partial charge in [-0.15, -0.1) is 0 Å². The molecule has 1 aromatic rings. The minimum atomic E-state index is -1.65. The molecule has 3 heteroatoms. The Morgan fingerprint density at radius 1 is 1.42 bits per heavy atom. The third kappa shape index (κ3) is 2.34. The SMILES string of the molecule is CC(=O)OC(F)c1ccccc1. The van der Waals surface area contributed by atoms with Crippen molar-refractivity contribution in [1.82, 2.24) is 0 Å². The van der Waals surface area contributed by atoms with Crippen molar-refractivity contribution in [3.63, 3.8) is 0 Å². The summed E-state index contributed by atoms with van der Waals surface area (Å²) in [5.74, 6) is -0.619. The number of rotatable bonds is 2. The van der Waals surface area contributed by atoms with Crippen LogP contribution in [-0.2, 0) is 9.53 Å². The fourth-order valence-corrected chi connectivity index (χ4v) is 0.818. The lowest BCUT2D eigenvalue weighted by Gasteiger charge is -2.07. The lowest BCUT2D eigenvalue weighted by Crippen LogP contribution is -2.02. The number of benzene rings is 1. The third-order valence-electron chi connectivity index (χ3n) is 1.33. The first-order valence-electron chi connectivity index (χ1n) is 3.56. The molecule has 0 bridgehead atoms. The van der Waals surface area contributed by atoms with Crippen molar-refractivity contribution in [2.45, 2.75) is 13.3 Å². The maximum absolute atomic E-state index is 12.9. The van der Waals surface area contributed by atoms with Gasteiger partial charge in [-0.05, 0) is 0 Å². The Morgan fingerprint density at radius 3 is 2.50 bits per heavy atom. The van der Waals surface area contributed by atoms with E-state index < -0.39 is 12.3 Å². The number of carbonyl (C=O) groups is 1. The smallest absolute Gasteiger partial charge is 0.305 e. The van der Waals surface area contributed by atoms with Gasteiger partial charge in [-0.1, -0.05) is 30.3 Å². The zero-order valence-corrected chi connectivity index (χ0v) is 6.66. The quantitative estimate of drug-likeness (QED) is 0.633. The van der Waals surface area contributed by atoms with E-state index in [1.165, 1.54) is 6.92 Å². The van der Waals surface area contributed by atoms with Gasteiger partial charge in [0.15, 0.2) is 0 Å². The Morgan fingerprint density at radius 2 is 2.00 bits per heavy atom. The molecule has 64 valence electrons. The van der Waals surface area contributed by atoms with E-state index in [4.69, 9.17) is 0 Å². The minimum absolute atomic E-state index is 0.354. The molecule has 0 aliphatic heterocycles. The Labute approximate surface area is 70.0 Å². The molecule has 0 saturated carbocycles. The number of hydrogen-bond donors (Lipinski definition) is 0. The first-order valence-corrected chi connectivity index (χ1v) is 3.56. The van der Waals surface area contributed by atoms with Crippen molar-refractivity contribution in [2.24, 2.45) is 0 Å². The highest BCUT2D eigenvalue weighted by molar-refractivity contribution is 5.66. The van der Waals surface area contributed by atoms with Crippen LogP contribution in [0.15, 0.2) is 30.3 Å². The number of ether oxygens (including phenoxy) is 1. The fourth-order valence-electron chi connectivity index (χ4n) is 0.818. The molecule has 0 fully saturated rings. The van der Waals surface area contributed by atoms with Crippen molar-refractivity contribution in [3.8, 4) is 0 Å². The highest BCUT2D eigenvalue weighted by atomic mass is 19.1. The fraction of sp³-hybridized carbons (Fsp3) is 0.222. The molecule has 0 spiro atoms. The van der Waals surface area contributed by atoms with Crippen LogP contribution in [0.2, 0.25) is 0 Å². The first-order chi connectivity index (χ1) is 5.70. The van der Waals surface area contributed by atoms with Crippen molar-refractivity contribution in [3.05, 3.63) is 35.9 Å². The lowest BCUT2D eigenvalue weighted by atomic mass is 10.2. The van der Waals surface area contributed by atoms with Crippen molar-refractivity contribution < 1.29 is 13.9 Å². The molecule has 0 aromatic heterocycles. The van der Waals surface area contributed by atoms with E-state index in [0.29, 0.717) is 5.56 Å². The van der Waals surface area contributed by atoms with Crippen LogP contribution in [0.1, 0.15) is 18.8 Å². The summed E-state index contributed by atoms with van der Waals surface area (Å²) in [6.45, 7) is 1.18. The standard InChI is InChI=1S/C9H9FO2/c1-7(11)12-9(10)8-5-3-2-4-6-8/h2-6,9H,1H3. The molecule has 0 amide bonds. The minimum Gasteiger partial charge on any atom is -0.427 e. The summed E-state index contributed by atoms with van der Waals surface area (Å²) in [7, 11) is 0. The summed E-state index contributed by atoms with van der Waals surface area (Å²) < 4.78 is 17.3. The average Bonchev–Trinajstić information content (AvgIpc) is 2.05. The van der Waals surface area contributed by atoms with Gasteiger partial charge in [0.25, 0.3) is 6.36 Å². The van der Waals surface area contributed by atoms with Gasteiger partial charge in [-0.25, -0.2) is 0 Å². The highest BCUT2D eigenvalue weighted by Crippen LogP contribution is 2.17. The van der Waals surface area contributed by atoms with Crippen LogP contribution in [0, 0.1) is 0 Å². The summed E-state index contributed by atoms with van der Waals surface area (Å²) in [4.78, 5) is 10.4. The molecule has 1 atom stereocenters.